The highest BCUT2D eigenvalue weighted by atomic mass is 35.5. The van der Waals surface area contributed by atoms with E-state index in [1.165, 1.54) is 0 Å². The summed E-state index contributed by atoms with van der Waals surface area (Å²) in [6.07, 6.45) is 1.87. The van der Waals surface area contributed by atoms with Crippen molar-refractivity contribution in [2.75, 3.05) is 6.54 Å². The average molecular weight is 238 g/mol. The Labute approximate surface area is 100 Å². The van der Waals surface area contributed by atoms with Gasteiger partial charge in [-0.15, -0.1) is 0 Å². The van der Waals surface area contributed by atoms with Gasteiger partial charge in [0.25, 0.3) is 0 Å². The quantitative estimate of drug-likeness (QED) is 0.891. The smallest absolute Gasteiger partial charge is 0.106 e. The molecular weight excluding hydrogens is 222 g/mol. The van der Waals surface area contributed by atoms with Crippen LogP contribution in [-0.2, 0) is 13.5 Å². The highest BCUT2D eigenvalue weighted by Crippen LogP contribution is 2.25. The van der Waals surface area contributed by atoms with Crippen LogP contribution < -0.4 is 5.73 Å². The lowest BCUT2D eigenvalue weighted by atomic mass is 10.1. The summed E-state index contributed by atoms with van der Waals surface area (Å²) in [6.45, 7) is 2.68. The summed E-state index contributed by atoms with van der Waals surface area (Å²) in [7, 11) is 2.00. The molecule has 1 heterocycles. The predicted molar refractivity (Wildman–Crippen MR) is 67.8 cm³/mol. The van der Waals surface area contributed by atoms with Crippen LogP contribution in [0.25, 0.3) is 11.0 Å². The molecule has 0 aliphatic rings. The highest BCUT2D eigenvalue weighted by molar-refractivity contribution is 6.32. The van der Waals surface area contributed by atoms with E-state index in [9.17, 15) is 0 Å². The van der Waals surface area contributed by atoms with Gasteiger partial charge in [0, 0.05) is 12.1 Å². The zero-order valence-electron chi connectivity index (χ0n) is 9.63. The Hall–Kier alpha value is -1.06. The Bertz CT molecular complexity index is 516. The Morgan fingerprint density at radius 3 is 2.88 bits per heavy atom. The second-order valence-electron chi connectivity index (χ2n) is 4.04. The molecule has 3 nitrogen and oxygen atoms in total. The third-order valence-corrected chi connectivity index (χ3v) is 3.27. The summed E-state index contributed by atoms with van der Waals surface area (Å²) in [5.41, 5.74) is 8.73. The maximum absolute atomic E-state index is 6.24. The molecule has 1 aromatic heterocycles. The van der Waals surface area contributed by atoms with Crippen LogP contribution in [0.2, 0.25) is 5.02 Å². The first-order valence-corrected chi connectivity index (χ1v) is 5.83. The average Bonchev–Trinajstić information content (AvgIpc) is 2.52. The SMILES string of the molecule is Cc1nc2cc(CCCN)c(Cl)cc2n1C. The highest BCUT2D eigenvalue weighted by Gasteiger charge is 2.08. The number of nitrogens with zero attached hydrogens (tertiary/aromatic N) is 2. The van der Waals surface area contributed by atoms with Crippen LogP contribution in [0.3, 0.4) is 0 Å². The normalized spacial score (nSPS) is 11.2. The van der Waals surface area contributed by atoms with Crippen molar-refractivity contribution in [3.8, 4) is 0 Å². The van der Waals surface area contributed by atoms with Gasteiger partial charge in [-0.3, -0.25) is 0 Å². The molecule has 0 amide bonds. The van der Waals surface area contributed by atoms with Crippen LogP contribution in [-0.4, -0.2) is 16.1 Å². The summed E-state index contributed by atoms with van der Waals surface area (Å²) >= 11 is 6.24. The van der Waals surface area contributed by atoms with E-state index in [1.807, 2.05) is 24.6 Å². The molecule has 0 fully saturated rings. The number of hydrogen-bond acceptors (Lipinski definition) is 2. The molecule has 86 valence electrons. The Balaban J connectivity index is 2.50. The van der Waals surface area contributed by atoms with E-state index >= 15 is 0 Å². The van der Waals surface area contributed by atoms with Gasteiger partial charge in [-0.1, -0.05) is 11.6 Å². The zero-order chi connectivity index (χ0) is 11.7. The van der Waals surface area contributed by atoms with Crippen molar-refractivity contribution in [2.24, 2.45) is 12.8 Å². The van der Waals surface area contributed by atoms with Crippen molar-refractivity contribution in [1.82, 2.24) is 9.55 Å². The molecule has 2 aromatic rings. The van der Waals surface area contributed by atoms with E-state index in [1.54, 1.807) is 0 Å². The first-order chi connectivity index (χ1) is 7.63. The maximum atomic E-state index is 6.24. The van der Waals surface area contributed by atoms with E-state index in [0.29, 0.717) is 6.54 Å². The monoisotopic (exact) mass is 237 g/mol. The molecule has 1 aromatic carbocycles. The van der Waals surface area contributed by atoms with Crippen molar-refractivity contribution in [3.63, 3.8) is 0 Å². The van der Waals surface area contributed by atoms with Gasteiger partial charge in [0.15, 0.2) is 0 Å². The number of aryl methyl sites for hydroxylation is 3. The lowest BCUT2D eigenvalue weighted by molar-refractivity contribution is 0.833. The van der Waals surface area contributed by atoms with Crippen LogP contribution in [0, 0.1) is 6.92 Å². The molecule has 0 aliphatic carbocycles. The molecule has 0 saturated carbocycles. The molecule has 0 atom stereocenters. The van der Waals surface area contributed by atoms with Gasteiger partial charge < -0.3 is 10.3 Å². The molecule has 0 radical (unpaired) electrons. The van der Waals surface area contributed by atoms with Gasteiger partial charge in [-0.2, -0.15) is 0 Å². The number of fused-ring (bicyclic) bond motifs is 1. The number of halogens is 1. The fourth-order valence-electron chi connectivity index (χ4n) is 1.86. The standard InChI is InChI=1S/C12H16ClN3/c1-8-15-11-6-9(4-3-5-14)10(13)7-12(11)16(8)2/h6-7H,3-5,14H2,1-2H3. The van der Waals surface area contributed by atoms with Crippen molar-refractivity contribution >= 4 is 22.6 Å². The predicted octanol–water partition coefficient (Wildman–Crippen LogP) is 2.43. The Kier molecular flexibility index (Phi) is 3.17. The van der Waals surface area contributed by atoms with E-state index in [2.05, 4.69) is 11.1 Å². The van der Waals surface area contributed by atoms with Gasteiger partial charge in [-0.25, -0.2) is 4.98 Å². The van der Waals surface area contributed by atoms with Crippen LogP contribution in [0.15, 0.2) is 12.1 Å². The number of imidazole rings is 1. The fraction of sp³-hybridized carbons (Fsp3) is 0.417. The lowest BCUT2D eigenvalue weighted by Gasteiger charge is -2.04. The van der Waals surface area contributed by atoms with Crippen molar-refractivity contribution in [3.05, 3.63) is 28.5 Å². The minimum atomic E-state index is 0.690. The minimum Gasteiger partial charge on any atom is -0.331 e. The lowest BCUT2D eigenvalue weighted by Crippen LogP contribution is -2.00. The molecule has 0 saturated heterocycles. The molecule has 16 heavy (non-hydrogen) atoms. The third-order valence-electron chi connectivity index (χ3n) is 2.92. The summed E-state index contributed by atoms with van der Waals surface area (Å²) in [5, 5.41) is 0.809. The van der Waals surface area contributed by atoms with Gasteiger partial charge in [0.05, 0.1) is 11.0 Å². The molecule has 0 bridgehead atoms. The number of rotatable bonds is 3. The zero-order valence-corrected chi connectivity index (χ0v) is 10.4. The number of benzene rings is 1. The molecule has 0 aliphatic heterocycles. The molecule has 4 heteroatoms. The van der Waals surface area contributed by atoms with Crippen molar-refractivity contribution < 1.29 is 0 Å². The van der Waals surface area contributed by atoms with Gasteiger partial charge >= 0.3 is 0 Å². The van der Waals surface area contributed by atoms with E-state index in [4.69, 9.17) is 17.3 Å². The van der Waals surface area contributed by atoms with Crippen LogP contribution in [0.5, 0.6) is 0 Å². The third kappa shape index (κ3) is 1.93. The molecule has 2 rings (SSSR count). The first kappa shape index (κ1) is 11.4. The number of aromatic nitrogens is 2. The van der Waals surface area contributed by atoms with E-state index < -0.39 is 0 Å². The van der Waals surface area contributed by atoms with E-state index in [0.717, 1.165) is 40.3 Å². The summed E-state index contributed by atoms with van der Waals surface area (Å²) in [6, 6.07) is 4.06. The summed E-state index contributed by atoms with van der Waals surface area (Å²) in [5.74, 6) is 1.00. The summed E-state index contributed by atoms with van der Waals surface area (Å²) in [4.78, 5) is 4.50. The number of hydrogen-bond donors (Lipinski definition) is 1. The van der Waals surface area contributed by atoms with Crippen LogP contribution in [0.1, 0.15) is 17.8 Å². The molecule has 0 unspecified atom stereocenters. The second-order valence-corrected chi connectivity index (χ2v) is 4.45. The molecule has 0 spiro atoms. The van der Waals surface area contributed by atoms with Crippen molar-refractivity contribution in [1.29, 1.82) is 0 Å². The number of nitrogens with two attached hydrogens (primary N) is 1. The largest absolute Gasteiger partial charge is 0.331 e. The maximum Gasteiger partial charge on any atom is 0.106 e. The van der Waals surface area contributed by atoms with E-state index in [-0.39, 0.29) is 0 Å². The topological polar surface area (TPSA) is 43.8 Å². The summed E-state index contributed by atoms with van der Waals surface area (Å²) < 4.78 is 2.05. The fourth-order valence-corrected chi connectivity index (χ4v) is 2.11. The minimum absolute atomic E-state index is 0.690. The Morgan fingerprint density at radius 2 is 2.19 bits per heavy atom. The first-order valence-electron chi connectivity index (χ1n) is 5.45. The van der Waals surface area contributed by atoms with Crippen LogP contribution >= 0.6 is 11.6 Å². The molecule has 2 N–H and O–H groups in total. The van der Waals surface area contributed by atoms with Gasteiger partial charge in [0.1, 0.15) is 5.82 Å². The second kappa shape index (κ2) is 4.44. The van der Waals surface area contributed by atoms with Crippen LogP contribution in [0.4, 0.5) is 0 Å². The van der Waals surface area contributed by atoms with Gasteiger partial charge in [0.2, 0.25) is 0 Å². The van der Waals surface area contributed by atoms with Gasteiger partial charge in [-0.05, 0) is 44.0 Å². The molecular formula is C12H16ClN3. The Morgan fingerprint density at radius 1 is 1.44 bits per heavy atom. The van der Waals surface area contributed by atoms with Crippen molar-refractivity contribution in [2.45, 2.75) is 19.8 Å².